The van der Waals surface area contributed by atoms with Crippen LogP contribution >= 0.6 is 0 Å². The van der Waals surface area contributed by atoms with Gasteiger partial charge >= 0.3 is 12.1 Å². The minimum absolute atomic E-state index is 0.0219. The Kier molecular flexibility index (Phi) is 11.0. The van der Waals surface area contributed by atoms with Crippen molar-refractivity contribution in [3.8, 4) is 23.0 Å². The third kappa shape index (κ3) is 9.90. The molecule has 0 atom stereocenters. The van der Waals surface area contributed by atoms with E-state index in [1.54, 1.807) is 41.8 Å². The van der Waals surface area contributed by atoms with E-state index in [4.69, 9.17) is 4.74 Å². The standard InChI is InChI=1S/C38H40N6O4/c1-38(2,3)48-37(47)44-23-17-32(18-24-44)42-35(45)30-9-6-27(7-10-30)8-11-31-25-33(12-13-34(31)29-15-20-39-21-16-29)43-36(46)41-22-14-28-5-4-19-40-26-28/h4-7,9-10,12-13,15-16,19-21,25-26,32H,14,17-18,22-24H2,1-3H3,(H,42,45)(H2,41,43,46). The van der Waals surface area contributed by atoms with Crippen LogP contribution in [0.15, 0.2) is 91.5 Å². The molecule has 0 saturated carbocycles. The van der Waals surface area contributed by atoms with Gasteiger partial charge in [0.1, 0.15) is 5.60 Å². The zero-order valence-electron chi connectivity index (χ0n) is 27.5. The van der Waals surface area contributed by atoms with E-state index in [0.717, 1.165) is 27.8 Å². The van der Waals surface area contributed by atoms with Crippen molar-refractivity contribution in [2.45, 2.75) is 51.7 Å². The van der Waals surface area contributed by atoms with Gasteiger partial charge in [-0.25, -0.2) is 9.59 Å². The van der Waals surface area contributed by atoms with Crippen molar-refractivity contribution in [2.75, 3.05) is 25.0 Å². The number of amides is 4. The molecule has 4 amide bonds. The number of urea groups is 1. The van der Waals surface area contributed by atoms with E-state index in [0.29, 0.717) is 50.1 Å². The number of carbonyl (C=O) groups excluding carboxylic acids is 3. The number of carbonyl (C=O) groups is 3. The number of ether oxygens (including phenoxy) is 1. The van der Waals surface area contributed by atoms with Crippen LogP contribution in [0.25, 0.3) is 11.1 Å². The van der Waals surface area contributed by atoms with Crippen LogP contribution in [0.1, 0.15) is 60.7 Å². The molecular weight excluding hydrogens is 604 g/mol. The summed E-state index contributed by atoms with van der Waals surface area (Å²) in [6.07, 6.45) is 8.63. The summed E-state index contributed by atoms with van der Waals surface area (Å²) in [5, 5.41) is 8.87. The van der Waals surface area contributed by atoms with Crippen molar-refractivity contribution in [1.29, 1.82) is 0 Å². The van der Waals surface area contributed by atoms with Crippen LogP contribution in [-0.4, -0.2) is 64.2 Å². The number of rotatable bonds is 7. The van der Waals surface area contributed by atoms with Gasteiger partial charge in [0.2, 0.25) is 0 Å². The highest BCUT2D eigenvalue weighted by atomic mass is 16.6. The van der Waals surface area contributed by atoms with Gasteiger partial charge in [0.05, 0.1) is 0 Å². The van der Waals surface area contributed by atoms with Gasteiger partial charge in [0.25, 0.3) is 5.91 Å². The van der Waals surface area contributed by atoms with Crippen LogP contribution in [-0.2, 0) is 11.2 Å². The largest absolute Gasteiger partial charge is 0.444 e. The van der Waals surface area contributed by atoms with Crippen molar-refractivity contribution in [2.24, 2.45) is 0 Å². The first-order chi connectivity index (χ1) is 23.1. The van der Waals surface area contributed by atoms with Crippen LogP contribution in [0, 0.1) is 11.8 Å². The average Bonchev–Trinajstić information content (AvgIpc) is 3.08. The Labute approximate surface area is 281 Å². The number of aromatic nitrogens is 2. The fourth-order valence-electron chi connectivity index (χ4n) is 5.20. The molecule has 1 fully saturated rings. The van der Waals surface area contributed by atoms with E-state index in [-0.39, 0.29) is 24.1 Å². The quantitative estimate of drug-likeness (QED) is 0.211. The molecule has 2 aromatic carbocycles. The highest BCUT2D eigenvalue weighted by molar-refractivity contribution is 5.94. The maximum Gasteiger partial charge on any atom is 0.410 e. The molecule has 1 saturated heterocycles. The minimum Gasteiger partial charge on any atom is -0.444 e. The van der Waals surface area contributed by atoms with E-state index in [9.17, 15) is 14.4 Å². The molecule has 246 valence electrons. The summed E-state index contributed by atoms with van der Waals surface area (Å²) in [6.45, 7) is 7.08. The van der Waals surface area contributed by atoms with Gasteiger partial charge in [-0.1, -0.05) is 24.0 Å². The van der Waals surface area contributed by atoms with Gasteiger partial charge in [0.15, 0.2) is 0 Å². The van der Waals surface area contributed by atoms with Crippen molar-refractivity contribution in [1.82, 2.24) is 25.5 Å². The second-order valence-electron chi connectivity index (χ2n) is 12.5. The maximum absolute atomic E-state index is 13.0. The lowest BCUT2D eigenvalue weighted by molar-refractivity contribution is 0.0199. The van der Waals surface area contributed by atoms with Gasteiger partial charge in [-0.05, 0) is 111 Å². The van der Waals surface area contributed by atoms with Gasteiger partial charge in [-0.3, -0.25) is 14.8 Å². The zero-order valence-corrected chi connectivity index (χ0v) is 27.5. The van der Waals surface area contributed by atoms with Crippen molar-refractivity contribution in [3.63, 3.8) is 0 Å². The molecule has 4 aromatic rings. The first-order valence-electron chi connectivity index (χ1n) is 16.0. The minimum atomic E-state index is -0.540. The molecule has 10 heteroatoms. The molecular formula is C38H40N6O4. The lowest BCUT2D eigenvalue weighted by atomic mass is 9.99. The molecule has 0 aliphatic carbocycles. The zero-order chi connectivity index (χ0) is 33.9. The fourth-order valence-corrected chi connectivity index (χ4v) is 5.20. The molecule has 3 N–H and O–H groups in total. The lowest BCUT2D eigenvalue weighted by Crippen LogP contribution is -2.47. The second kappa shape index (κ2) is 15.7. The van der Waals surface area contributed by atoms with Crippen molar-refractivity contribution < 1.29 is 19.1 Å². The van der Waals surface area contributed by atoms with E-state index < -0.39 is 5.60 Å². The number of pyridine rings is 2. The number of nitrogens with zero attached hydrogens (tertiary/aromatic N) is 3. The summed E-state index contributed by atoms with van der Waals surface area (Å²) in [6, 6.07) is 20.1. The molecule has 3 heterocycles. The normalized spacial score (nSPS) is 13.1. The molecule has 10 nitrogen and oxygen atoms in total. The average molecular weight is 645 g/mol. The predicted molar refractivity (Wildman–Crippen MR) is 185 cm³/mol. The van der Waals surface area contributed by atoms with E-state index in [1.165, 1.54) is 0 Å². The number of nitrogens with one attached hydrogen (secondary N) is 3. The van der Waals surface area contributed by atoms with Crippen LogP contribution in [0.4, 0.5) is 15.3 Å². The topological polar surface area (TPSA) is 126 Å². The Bertz CT molecular complexity index is 1770. The van der Waals surface area contributed by atoms with E-state index in [1.807, 2.05) is 75.4 Å². The molecule has 5 rings (SSSR count). The number of hydrogen-bond donors (Lipinski definition) is 3. The van der Waals surface area contributed by atoms with Crippen LogP contribution < -0.4 is 16.0 Å². The summed E-state index contributed by atoms with van der Waals surface area (Å²) < 4.78 is 5.46. The van der Waals surface area contributed by atoms with Gasteiger partial charge in [-0.2, -0.15) is 0 Å². The number of piperidine rings is 1. The lowest BCUT2D eigenvalue weighted by Gasteiger charge is -2.33. The monoisotopic (exact) mass is 644 g/mol. The highest BCUT2D eigenvalue weighted by Crippen LogP contribution is 2.26. The van der Waals surface area contributed by atoms with Gasteiger partial charge in [-0.15, -0.1) is 0 Å². The molecule has 0 unspecified atom stereocenters. The van der Waals surface area contributed by atoms with Gasteiger partial charge < -0.3 is 25.6 Å². The highest BCUT2D eigenvalue weighted by Gasteiger charge is 2.27. The molecule has 2 aromatic heterocycles. The second-order valence-corrected chi connectivity index (χ2v) is 12.5. The Hall–Kier alpha value is -5.69. The predicted octanol–water partition coefficient (Wildman–Crippen LogP) is 6.04. The van der Waals surface area contributed by atoms with E-state index >= 15 is 0 Å². The Morgan fingerprint density at radius 2 is 1.67 bits per heavy atom. The smallest absolute Gasteiger partial charge is 0.410 e. The van der Waals surface area contributed by atoms with Crippen molar-refractivity contribution in [3.05, 3.63) is 114 Å². The van der Waals surface area contributed by atoms with Gasteiger partial charge in [0, 0.05) is 72.8 Å². The summed E-state index contributed by atoms with van der Waals surface area (Å²) in [4.78, 5) is 47.8. The SMILES string of the molecule is CC(C)(C)OC(=O)N1CCC(NC(=O)c2ccc(C#Cc3cc(NC(=O)NCCc4cccnc4)ccc3-c3ccncc3)cc2)CC1. The fraction of sp³-hybridized carbons (Fsp3) is 0.289. The first kappa shape index (κ1) is 33.7. The number of benzene rings is 2. The Morgan fingerprint density at radius 3 is 2.35 bits per heavy atom. The number of hydrogen-bond acceptors (Lipinski definition) is 6. The summed E-state index contributed by atoms with van der Waals surface area (Å²) >= 11 is 0. The molecule has 0 spiro atoms. The third-order valence-electron chi connectivity index (χ3n) is 7.66. The summed E-state index contributed by atoms with van der Waals surface area (Å²) in [7, 11) is 0. The molecule has 48 heavy (non-hydrogen) atoms. The summed E-state index contributed by atoms with van der Waals surface area (Å²) in [5.74, 6) is 6.29. The van der Waals surface area contributed by atoms with Crippen LogP contribution in [0.3, 0.4) is 0 Å². The molecule has 0 radical (unpaired) electrons. The Morgan fingerprint density at radius 1 is 0.917 bits per heavy atom. The summed E-state index contributed by atoms with van der Waals surface area (Å²) in [5.41, 5.74) is 4.97. The molecule has 0 bridgehead atoms. The first-order valence-corrected chi connectivity index (χ1v) is 16.0. The van der Waals surface area contributed by atoms with E-state index in [2.05, 4.69) is 37.8 Å². The Balaban J connectivity index is 1.21. The number of anilines is 1. The number of likely N-dealkylation sites (tertiary alicyclic amines) is 1. The molecule has 1 aliphatic heterocycles. The molecule has 1 aliphatic rings. The third-order valence-corrected chi connectivity index (χ3v) is 7.66. The van der Waals surface area contributed by atoms with Crippen LogP contribution in [0.2, 0.25) is 0 Å². The van der Waals surface area contributed by atoms with Crippen molar-refractivity contribution >= 4 is 23.7 Å². The maximum atomic E-state index is 13.0. The van der Waals surface area contributed by atoms with Crippen LogP contribution in [0.5, 0.6) is 0 Å².